The van der Waals surface area contributed by atoms with Crippen LogP contribution in [0.3, 0.4) is 0 Å². The third-order valence-electron chi connectivity index (χ3n) is 4.14. The van der Waals surface area contributed by atoms with Gasteiger partial charge in [0.15, 0.2) is 0 Å². The average Bonchev–Trinajstić information content (AvgIpc) is 2.51. The van der Waals surface area contributed by atoms with Crippen molar-refractivity contribution in [3.8, 4) is 0 Å². The third-order valence-corrected chi connectivity index (χ3v) is 4.56. The van der Waals surface area contributed by atoms with E-state index in [1.807, 2.05) is 0 Å². The lowest BCUT2D eigenvalue weighted by molar-refractivity contribution is -0.345. The summed E-state index contributed by atoms with van der Waals surface area (Å²) in [5.41, 5.74) is 1.26. The van der Waals surface area contributed by atoms with Crippen molar-refractivity contribution in [1.29, 1.82) is 0 Å². The van der Waals surface area contributed by atoms with Gasteiger partial charge in [0.2, 0.25) is 0 Å². The zero-order chi connectivity index (χ0) is 15.6. The van der Waals surface area contributed by atoms with Gasteiger partial charge in [-0.25, -0.2) is 0 Å². The van der Waals surface area contributed by atoms with Crippen molar-refractivity contribution in [3.05, 3.63) is 11.8 Å². The Morgan fingerprint density at radius 2 is 1.67 bits per heavy atom. The lowest BCUT2D eigenvalue weighted by atomic mass is 10.00. The van der Waals surface area contributed by atoms with Gasteiger partial charge in [0.05, 0.1) is 6.26 Å². The number of hydrogen-bond donors (Lipinski definition) is 0. The van der Waals surface area contributed by atoms with Gasteiger partial charge in [-0.15, -0.1) is 11.6 Å². The van der Waals surface area contributed by atoms with E-state index in [0.717, 1.165) is 12.8 Å². The maximum absolute atomic E-state index is 6.33. The lowest BCUT2D eigenvalue weighted by Crippen LogP contribution is -2.46. The molecule has 0 aromatic carbocycles. The van der Waals surface area contributed by atoms with Crippen LogP contribution in [0.1, 0.15) is 71.1 Å². The summed E-state index contributed by atoms with van der Waals surface area (Å²) >= 11 is 6.33. The fourth-order valence-corrected chi connectivity index (χ4v) is 3.15. The zero-order valence-corrected chi connectivity index (χ0v) is 14.6. The fraction of sp³-hybridized carbons (Fsp3) is 0.882. The monoisotopic (exact) mass is 318 g/mol. The van der Waals surface area contributed by atoms with E-state index < -0.39 is 5.97 Å². The normalized spacial score (nSPS) is 21.0. The van der Waals surface area contributed by atoms with Crippen molar-refractivity contribution >= 4 is 11.6 Å². The van der Waals surface area contributed by atoms with Crippen LogP contribution in [0.25, 0.3) is 0 Å². The Balaban J connectivity index is 2.15. The molecule has 1 rings (SSSR count). The summed E-state index contributed by atoms with van der Waals surface area (Å²) in [7, 11) is 3.10. The Morgan fingerprint density at radius 1 is 1.10 bits per heavy atom. The van der Waals surface area contributed by atoms with Crippen molar-refractivity contribution in [2.24, 2.45) is 0 Å². The first-order valence-corrected chi connectivity index (χ1v) is 8.72. The maximum atomic E-state index is 6.33. The molecule has 0 bridgehead atoms. The molecule has 0 saturated carbocycles. The molecule has 0 N–H and O–H groups in total. The largest absolute Gasteiger partial charge is 0.446 e. The summed E-state index contributed by atoms with van der Waals surface area (Å²) in [4.78, 5) is 0. The van der Waals surface area contributed by atoms with E-state index >= 15 is 0 Å². The molecule has 0 spiro atoms. The first kappa shape index (κ1) is 18.8. The third kappa shape index (κ3) is 6.17. The summed E-state index contributed by atoms with van der Waals surface area (Å²) in [6.45, 7) is 2.26. The highest BCUT2D eigenvalue weighted by Gasteiger charge is 2.43. The van der Waals surface area contributed by atoms with Gasteiger partial charge in [-0.3, -0.25) is 0 Å². The molecule has 4 heteroatoms. The predicted molar refractivity (Wildman–Crippen MR) is 87.4 cm³/mol. The quantitative estimate of drug-likeness (QED) is 0.291. The van der Waals surface area contributed by atoms with Gasteiger partial charge in [-0.2, -0.15) is 0 Å². The van der Waals surface area contributed by atoms with Crippen molar-refractivity contribution in [3.63, 3.8) is 0 Å². The molecular weight excluding hydrogens is 288 g/mol. The topological polar surface area (TPSA) is 27.7 Å². The van der Waals surface area contributed by atoms with Gasteiger partial charge >= 0.3 is 5.97 Å². The van der Waals surface area contributed by atoms with Crippen LogP contribution in [-0.4, -0.2) is 25.6 Å². The second-order valence-electron chi connectivity index (χ2n) is 5.80. The van der Waals surface area contributed by atoms with E-state index in [0.29, 0.717) is 0 Å². The molecular formula is C17H31ClO3. The summed E-state index contributed by atoms with van der Waals surface area (Å²) in [5.74, 6) is -1.12. The summed E-state index contributed by atoms with van der Waals surface area (Å²) in [6.07, 6.45) is 14.3. The van der Waals surface area contributed by atoms with E-state index in [1.165, 1.54) is 56.9 Å². The molecule has 0 aromatic rings. The number of unbranched alkanes of at least 4 members (excludes halogenated alkanes) is 7. The van der Waals surface area contributed by atoms with Crippen molar-refractivity contribution in [2.75, 3.05) is 14.2 Å². The second-order valence-corrected chi connectivity index (χ2v) is 6.33. The molecule has 1 aliphatic heterocycles. The van der Waals surface area contributed by atoms with E-state index in [4.69, 9.17) is 25.8 Å². The Labute approximate surface area is 135 Å². The first-order chi connectivity index (χ1) is 10.2. The van der Waals surface area contributed by atoms with E-state index in [1.54, 1.807) is 20.5 Å². The van der Waals surface area contributed by atoms with Gasteiger partial charge in [0.1, 0.15) is 5.38 Å². The molecule has 0 aliphatic carbocycles. The molecule has 0 radical (unpaired) electrons. The number of hydrogen-bond acceptors (Lipinski definition) is 3. The van der Waals surface area contributed by atoms with Crippen LogP contribution >= 0.6 is 11.6 Å². The van der Waals surface area contributed by atoms with Crippen molar-refractivity contribution in [1.82, 2.24) is 0 Å². The standard InChI is InChI=1S/C17H31ClO3/c1-4-5-6-7-8-9-10-11-12-15-13-16(18)17(19-2,20-3)21-14-15/h14,16H,4-13H2,1-3H3. The molecule has 1 unspecified atom stereocenters. The molecule has 1 aliphatic rings. The van der Waals surface area contributed by atoms with Crippen LogP contribution in [0.4, 0.5) is 0 Å². The molecule has 1 heterocycles. The molecule has 124 valence electrons. The van der Waals surface area contributed by atoms with Crippen LogP contribution in [0, 0.1) is 0 Å². The molecule has 1 atom stereocenters. The Bertz CT molecular complexity index is 300. The minimum atomic E-state index is -1.12. The SMILES string of the molecule is CCCCCCCCCCC1=COC(OC)(OC)C(Cl)C1. The van der Waals surface area contributed by atoms with Gasteiger partial charge in [0, 0.05) is 14.2 Å². The molecule has 0 fully saturated rings. The van der Waals surface area contributed by atoms with E-state index in [2.05, 4.69) is 6.92 Å². The second kappa shape index (κ2) is 10.5. The van der Waals surface area contributed by atoms with Crippen LogP contribution in [0.2, 0.25) is 0 Å². The highest BCUT2D eigenvalue weighted by atomic mass is 35.5. The smallest absolute Gasteiger partial charge is 0.343 e. The van der Waals surface area contributed by atoms with E-state index in [-0.39, 0.29) is 5.38 Å². The number of alkyl halides is 1. The number of methoxy groups -OCH3 is 2. The maximum Gasteiger partial charge on any atom is 0.343 e. The van der Waals surface area contributed by atoms with Gasteiger partial charge < -0.3 is 14.2 Å². The van der Waals surface area contributed by atoms with Crippen LogP contribution < -0.4 is 0 Å². The molecule has 0 saturated heterocycles. The summed E-state index contributed by atoms with van der Waals surface area (Å²) in [6, 6.07) is 0. The zero-order valence-electron chi connectivity index (χ0n) is 13.8. The lowest BCUT2D eigenvalue weighted by Gasteiger charge is -2.36. The minimum absolute atomic E-state index is 0.304. The highest BCUT2D eigenvalue weighted by Crippen LogP contribution is 2.34. The van der Waals surface area contributed by atoms with Gasteiger partial charge in [0.25, 0.3) is 0 Å². The summed E-state index contributed by atoms with van der Waals surface area (Å²) in [5, 5.41) is -0.304. The van der Waals surface area contributed by atoms with Gasteiger partial charge in [-0.1, -0.05) is 51.9 Å². The predicted octanol–water partition coefficient (Wildman–Crippen LogP) is 5.38. The molecule has 3 nitrogen and oxygen atoms in total. The number of rotatable bonds is 11. The fourth-order valence-electron chi connectivity index (χ4n) is 2.72. The van der Waals surface area contributed by atoms with Gasteiger partial charge in [-0.05, 0) is 24.8 Å². The Kier molecular flexibility index (Phi) is 9.37. The Morgan fingerprint density at radius 3 is 2.19 bits per heavy atom. The first-order valence-electron chi connectivity index (χ1n) is 8.28. The minimum Gasteiger partial charge on any atom is -0.446 e. The van der Waals surface area contributed by atoms with Crippen molar-refractivity contribution in [2.45, 2.75) is 82.5 Å². The molecule has 0 aromatic heterocycles. The highest BCUT2D eigenvalue weighted by molar-refractivity contribution is 6.21. The van der Waals surface area contributed by atoms with Crippen LogP contribution in [0.15, 0.2) is 11.8 Å². The molecule has 0 amide bonds. The number of halogens is 1. The Hall–Kier alpha value is -0.250. The van der Waals surface area contributed by atoms with Crippen LogP contribution in [-0.2, 0) is 14.2 Å². The number of allylic oxidation sites excluding steroid dienone is 1. The average molecular weight is 319 g/mol. The van der Waals surface area contributed by atoms with Crippen LogP contribution in [0.5, 0.6) is 0 Å². The van der Waals surface area contributed by atoms with Crippen molar-refractivity contribution < 1.29 is 14.2 Å². The number of ether oxygens (including phenoxy) is 3. The molecule has 21 heavy (non-hydrogen) atoms. The van der Waals surface area contributed by atoms with E-state index in [9.17, 15) is 0 Å². The summed E-state index contributed by atoms with van der Waals surface area (Å²) < 4.78 is 16.1.